The van der Waals surface area contributed by atoms with Gasteiger partial charge in [-0.1, -0.05) is 20.8 Å². The third-order valence-electron chi connectivity index (χ3n) is 3.98. The molecule has 1 heterocycles. The highest BCUT2D eigenvalue weighted by Crippen LogP contribution is 2.26. The molecule has 0 saturated carbocycles. The van der Waals surface area contributed by atoms with E-state index in [0.717, 1.165) is 18.8 Å². The van der Waals surface area contributed by atoms with E-state index in [0.29, 0.717) is 5.92 Å². The van der Waals surface area contributed by atoms with Crippen LogP contribution in [0.5, 0.6) is 0 Å². The van der Waals surface area contributed by atoms with Crippen LogP contribution in [0.25, 0.3) is 0 Å². The molecule has 19 heavy (non-hydrogen) atoms. The Kier molecular flexibility index (Phi) is 5.36. The second-order valence-electron chi connectivity index (χ2n) is 6.17. The van der Waals surface area contributed by atoms with Crippen molar-refractivity contribution in [3.05, 3.63) is 23.4 Å². The monoisotopic (exact) mass is 263 g/mol. The number of rotatable bonds is 6. The summed E-state index contributed by atoms with van der Waals surface area (Å²) in [5, 5.41) is 3.22. The Morgan fingerprint density at radius 1 is 1.32 bits per heavy atom. The third-order valence-corrected chi connectivity index (χ3v) is 3.98. The maximum absolute atomic E-state index is 4.83. The molecule has 0 spiro atoms. The van der Waals surface area contributed by atoms with Crippen LogP contribution in [0.4, 0.5) is 5.82 Å². The predicted molar refractivity (Wildman–Crippen MR) is 83.9 cm³/mol. The lowest BCUT2D eigenvalue weighted by Gasteiger charge is -2.36. The van der Waals surface area contributed by atoms with E-state index >= 15 is 0 Å². The highest BCUT2D eigenvalue weighted by atomic mass is 15.2. The summed E-state index contributed by atoms with van der Waals surface area (Å²) in [6.45, 7) is 12.0. The van der Waals surface area contributed by atoms with Gasteiger partial charge in [-0.05, 0) is 50.9 Å². The van der Waals surface area contributed by atoms with E-state index in [2.05, 4.69) is 64.0 Å². The predicted octanol–water partition coefficient (Wildman–Crippen LogP) is 3.55. The van der Waals surface area contributed by atoms with Crippen molar-refractivity contribution in [3.63, 3.8) is 0 Å². The first-order valence-corrected chi connectivity index (χ1v) is 7.21. The lowest BCUT2D eigenvalue weighted by Crippen LogP contribution is -2.41. The number of anilines is 1. The van der Waals surface area contributed by atoms with Crippen molar-refractivity contribution < 1.29 is 0 Å². The summed E-state index contributed by atoms with van der Waals surface area (Å²) < 4.78 is 0. The molecule has 0 aliphatic carbocycles. The fraction of sp³-hybridized carbons (Fsp3) is 0.688. The molecule has 1 aromatic heterocycles. The van der Waals surface area contributed by atoms with Crippen molar-refractivity contribution in [3.8, 4) is 0 Å². The van der Waals surface area contributed by atoms with Crippen molar-refractivity contribution in [2.45, 2.75) is 59.0 Å². The fourth-order valence-electron chi connectivity index (χ4n) is 1.92. The van der Waals surface area contributed by atoms with Crippen LogP contribution in [0.3, 0.4) is 0 Å². The van der Waals surface area contributed by atoms with Gasteiger partial charge in [-0.2, -0.15) is 0 Å². The molecule has 1 N–H and O–H groups in total. The minimum atomic E-state index is 0.125. The van der Waals surface area contributed by atoms with Gasteiger partial charge in [0.05, 0.1) is 0 Å². The molecule has 0 aromatic carbocycles. The number of nitrogens with zero attached hydrogens (tertiary/aromatic N) is 2. The molecule has 3 nitrogen and oxygen atoms in total. The van der Waals surface area contributed by atoms with Gasteiger partial charge in [-0.3, -0.25) is 0 Å². The highest BCUT2D eigenvalue weighted by Gasteiger charge is 2.23. The van der Waals surface area contributed by atoms with Crippen molar-refractivity contribution in [1.29, 1.82) is 0 Å². The molecule has 0 aliphatic rings. The van der Waals surface area contributed by atoms with Crippen molar-refractivity contribution >= 4 is 5.82 Å². The average Bonchev–Trinajstić information content (AvgIpc) is 2.37. The van der Waals surface area contributed by atoms with Crippen LogP contribution >= 0.6 is 0 Å². The summed E-state index contributed by atoms with van der Waals surface area (Å²) in [6, 6.07) is 4.40. The van der Waals surface area contributed by atoms with Crippen molar-refractivity contribution in [1.82, 2.24) is 10.3 Å². The van der Waals surface area contributed by atoms with Crippen LogP contribution in [-0.2, 0) is 6.54 Å². The third kappa shape index (κ3) is 3.93. The Morgan fingerprint density at radius 3 is 2.42 bits per heavy atom. The van der Waals surface area contributed by atoms with E-state index in [4.69, 9.17) is 4.98 Å². The van der Waals surface area contributed by atoms with E-state index in [1.807, 2.05) is 7.05 Å². The lowest BCUT2D eigenvalue weighted by molar-refractivity contribution is 0.466. The van der Waals surface area contributed by atoms with Crippen LogP contribution in [0.2, 0.25) is 0 Å². The number of hydrogen-bond acceptors (Lipinski definition) is 3. The van der Waals surface area contributed by atoms with E-state index in [1.54, 1.807) is 0 Å². The molecule has 3 heteroatoms. The van der Waals surface area contributed by atoms with E-state index in [1.165, 1.54) is 11.3 Å². The number of nitrogens with one attached hydrogen (secondary N) is 1. The zero-order chi connectivity index (χ0) is 14.6. The summed E-state index contributed by atoms with van der Waals surface area (Å²) in [5.74, 6) is 1.52. The number of aromatic nitrogens is 1. The van der Waals surface area contributed by atoms with Crippen LogP contribution in [0, 0.1) is 0 Å². The maximum Gasteiger partial charge on any atom is 0.129 e. The molecule has 1 rings (SSSR count). The Bertz CT molecular complexity index is 410. The van der Waals surface area contributed by atoms with Crippen LogP contribution < -0.4 is 10.2 Å². The van der Waals surface area contributed by atoms with Gasteiger partial charge in [0.1, 0.15) is 5.82 Å². The van der Waals surface area contributed by atoms with Gasteiger partial charge in [-0.15, -0.1) is 0 Å². The van der Waals surface area contributed by atoms with Gasteiger partial charge in [0.15, 0.2) is 0 Å². The normalized spacial score (nSPS) is 12.0. The largest absolute Gasteiger partial charge is 0.355 e. The summed E-state index contributed by atoms with van der Waals surface area (Å²) >= 11 is 0. The minimum absolute atomic E-state index is 0.125. The topological polar surface area (TPSA) is 28.2 Å². The van der Waals surface area contributed by atoms with Crippen LogP contribution in [0.1, 0.15) is 58.2 Å². The standard InChI is InChI=1S/C16H29N3/c1-8-16(4,5)19(7)15-10-13(11-17-6)9-14(18-15)12(2)3/h9-10,12,17H,8,11H2,1-7H3. The maximum atomic E-state index is 4.83. The van der Waals surface area contributed by atoms with Gasteiger partial charge in [0.2, 0.25) is 0 Å². The summed E-state index contributed by atoms with van der Waals surface area (Å²) in [5.41, 5.74) is 2.59. The SMILES string of the molecule is CCC(C)(C)N(C)c1cc(CNC)cc(C(C)C)n1. The molecule has 108 valence electrons. The Labute approximate surface area is 118 Å². The van der Waals surface area contributed by atoms with Crippen molar-refractivity contribution in [2.75, 3.05) is 19.0 Å². The van der Waals surface area contributed by atoms with E-state index < -0.39 is 0 Å². The average molecular weight is 263 g/mol. The lowest BCUT2D eigenvalue weighted by atomic mass is 9.99. The van der Waals surface area contributed by atoms with E-state index in [9.17, 15) is 0 Å². The molecule has 0 bridgehead atoms. The summed E-state index contributed by atoms with van der Waals surface area (Å²) in [6.07, 6.45) is 1.10. The first-order valence-electron chi connectivity index (χ1n) is 7.21. The molecule has 0 aliphatic heterocycles. The molecule has 0 unspecified atom stereocenters. The molecule has 0 fully saturated rings. The molecular weight excluding hydrogens is 234 g/mol. The Morgan fingerprint density at radius 2 is 1.95 bits per heavy atom. The minimum Gasteiger partial charge on any atom is -0.355 e. The summed E-state index contributed by atoms with van der Waals surface area (Å²) in [4.78, 5) is 7.12. The molecule has 0 saturated heterocycles. The molecule has 0 atom stereocenters. The number of pyridine rings is 1. The molecule has 0 radical (unpaired) electrons. The Hall–Kier alpha value is -1.09. The zero-order valence-electron chi connectivity index (χ0n) is 13.5. The first-order chi connectivity index (χ1) is 8.81. The zero-order valence-corrected chi connectivity index (χ0v) is 13.5. The molecule has 0 amide bonds. The smallest absolute Gasteiger partial charge is 0.129 e. The number of hydrogen-bond donors (Lipinski definition) is 1. The van der Waals surface area contributed by atoms with E-state index in [-0.39, 0.29) is 5.54 Å². The van der Waals surface area contributed by atoms with Gasteiger partial charge in [0, 0.05) is 24.8 Å². The van der Waals surface area contributed by atoms with Gasteiger partial charge < -0.3 is 10.2 Å². The van der Waals surface area contributed by atoms with Crippen LogP contribution in [-0.4, -0.2) is 24.6 Å². The van der Waals surface area contributed by atoms with Crippen molar-refractivity contribution in [2.24, 2.45) is 0 Å². The molecule has 1 aromatic rings. The quantitative estimate of drug-likeness (QED) is 0.850. The Balaban J connectivity index is 3.19. The second-order valence-corrected chi connectivity index (χ2v) is 6.17. The summed E-state index contributed by atoms with van der Waals surface area (Å²) in [7, 11) is 4.12. The first kappa shape index (κ1) is 16.0. The molecular formula is C16H29N3. The van der Waals surface area contributed by atoms with Crippen LogP contribution in [0.15, 0.2) is 12.1 Å². The fourth-order valence-corrected chi connectivity index (χ4v) is 1.92. The highest BCUT2D eigenvalue weighted by molar-refractivity contribution is 5.45. The van der Waals surface area contributed by atoms with Gasteiger partial charge in [-0.25, -0.2) is 4.98 Å². The van der Waals surface area contributed by atoms with Gasteiger partial charge >= 0.3 is 0 Å². The van der Waals surface area contributed by atoms with Gasteiger partial charge in [0.25, 0.3) is 0 Å². The second kappa shape index (κ2) is 6.38.